The summed E-state index contributed by atoms with van der Waals surface area (Å²) in [5.41, 5.74) is 3.28. The number of amides is 1. The molecule has 168 valence electrons. The Morgan fingerprint density at radius 3 is 2.59 bits per heavy atom. The largest absolute Gasteiger partial charge is 0.472 e. The van der Waals surface area contributed by atoms with Crippen molar-refractivity contribution in [2.75, 3.05) is 11.5 Å². The second-order valence-corrected chi connectivity index (χ2v) is 10.0. The van der Waals surface area contributed by atoms with Crippen LogP contribution in [0.1, 0.15) is 40.3 Å². The summed E-state index contributed by atoms with van der Waals surface area (Å²) in [6.45, 7) is 3.87. The minimum Gasteiger partial charge on any atom is -0.472 e. The van der Waals surface area contributed by atoms with Gasteiger partial charge in [0, 0.05) is 29.6 Å². The maximum Gasteiger partial charge on any atom is 0.272 e. The number of hydrogen-bond donors (Lipinski definition) is 1. The van der Waals surface area contributed by atoms with E-state index in [-0.39, 0.29) is 35.7 Å². The molecular weight excluding hydrogens is 434 g/mol. The van der Waals surface area contributed by atoms with Gasteiger partial charge in [0.25, 0.3) is 5.91 Å². The molecule has 0 bridgehead atoms. The fourth-order valence-corrected chi connectivity index (χ4v) is 4.85. The van der Waals surface area contributed by atoms with E-state index < -0.39 is 15.7 Å². The number of rotatable bonds is 6. The minimum absolute atomic E-state index is 0.0827. The number of hydrogen-bond acceptors (Lipinski definition) is 9. The number of nitrogens with one attached hydrogen (secondary N) is 1. The predicted octanol–water partition coefficient (Wildman–Crippen LogP) is 2.03. The number of ether oxygens (including phenoxy) is 1. The van der Waals surface area contributed by atoms with Crippen LogP contribution in [0.3, 0.4) is 0 Å². The zero-order chi connectivity index (χ0) is 22.7. The Labute approximate surface area is 185 Å². The first-order valence-electron chi connectivity index (χ1n) is 10.2. The van der Waals surface area contributed by atoms with Crippen molar-refractivity contribution in [1.29, 1.82) is 0 Å². The smallest absolute Gasteiger partial charge is 0.272 e. The molecule has 1 aliphatic heterocycles. The SMILES string of the molecule is Cc1ccc(-c2noc(C)c2COc2ccc(C(=O)NC3CCS(=O)(=O)CC3)nn2)cn1. The zero-order valence-corrected chi connectivity index (χ0v) is 18.6. The van der Waals surface area contributed by atoms with Gasteiger partial charge in [-0.25, -0.2) is 8.42 Å². The molecule has 0 saturated carbocycles. The number of nitrogens with zero attached hydrogens (tertiary/aromatic N) is 4. The van der Waals surface area contributed by atoms with Crippen LogP contribution in [0, 0.1) is 13.8 Å². The van der Waals surface area contributed by atoms with Crippen LogP contribution in [0.2, 0.25) is 0 Å². The Bertz CT molecular complexity index is 1190. The molecule has 11 heteroatoms. The fourth-order valence-electron chi connectivity index (χ4n) is 3.35. The summed E-state index contributed by atoms with van der Waals surface area (Å²) in [5, 5.41) is 14.8. The summed E-state index contributed by atoms with van der Waals surface area (Å²) >= 11 is 0. The first kappa shape index (κ1) is 21.9. The van der Waals surface area contributed by atoms with Crippen LogP contribution in [0.5, 0.6) is 5.88 Å². The van der Waals surface area contributed by atoms with E-state index in [4.69, 9.17) is 9.26 Å². The number of carbonyl (C=O) groups is 1. The predicted molar refractivity (Wildman–Crippen MR) is 115 cm³/mol. The third kappa shape index (κ3) is 5.10. The van der Waals surface area contributed by atoms with Crippen molar-refractivity contribution in [3.63, 3.8) is 0 Å². The van der Waals surface area contributed by atoms with Gasteiger partial charge in [-0.05, 0) is 44.9 Å². The van der Waals surface area contributed by atoms with Gasteiger partial charge in [0.2, 0.25) is 5.88 Å². The highest BCUT2D eigenvalue weighted by atomic mass is 32.2. The van der Waals surface area contributed by atoms with Crippen molar-refractivity contribution >= 4 is 15.7 Å². The van der Waals surface area contributed by atoms with Crippen LogP contribution < -0.4 is 10.1 Å². The van der Waals surface area contributed by atoms with Crippen LogP contribution in [0.15, 0.2) is 35.0 Å². The molecule has 1 saturated heterocycles. The topological polar surface area (TPSA) is 137 Å². The van der Waals surface area contributed by atoms with Crippen molar-refractivity contribution in [2.24, 2.45) is 0 Å². The maximum absolute atomic E-state index is 12.4. The quantitative estimate of drug-likeness (QED) is 0.589. The van der Waals surface area contributed by atoms with Crippen molar-refractivity contribution in [3.8, 4) is 17.1 Å². The van der Waals surface area contributed by atoms with Gasteiger partial charge in [-0.1, -0.05) is 5.16 Å². The number of aryl methyl sites for hydroxylation is 2. The lowest BCUT2D eigenvalue weighted by Crippen LogP contribution is -2.41. The molecule has 0 aromatic carbocycles. The summed E-state index contributed by atoms with van der Waals surface area (Å²) < 4.78 is 34.1. The van der Waals surface area contributed by atoms with E-state index in [1.54, 1.807) is 19.2 Å². The second-order valence-electron chi connectivity index (χ2n) is 7.70. The Balaban J connectivity index is 1.37. The summed E-state index contributed by atoms with van der Waals surface area (Å²) in [7, 11) is -2.98. The minimum atomic E-state index is -2.98. The lowest BCUT2D eigenvalue weighted by Gasteiger charge is -2.22. The first-order chi connectivity index (χ1) is 15.3. The first-order valence-corrected chi connectivity index (χ1v) is 12.0. The molecule has 0 spiro atoms. The molecule has 1 N–H and O–H groups in total. The number of aromatic nitrogens is 4. The van der Waals surface area contributed by atoms with E-state index >= 15 is 0 Å². The van der Waals surface area contributed by atoms with E-state index in [2.05, 4.69) is 25.7 Å². The van der Waals surface area contributed by atoms with Crippen LogP contribution in [0.25, 0.3) is 11.3 Å². The molecule has 0 radical (unpaired) electrons. The second kappa shape index (κ2) is 9.03. The van der Waals surface area contributed by atoms with Crippen molar-refractivity contribution < 1.29 is 22.5 Å². The maximum atomic E-state index is 12.4. The molecule has 4 heterocycles. The monoisotopic (exact) mass is 457 g/mol. The van der Waals surface area contributed by atoms with E-state index in [0.717, 1.165) is 16.8 Å². The Hall–Kier alpha value is -3.34. The normalized spacial score (nSPS) is 15.9. The van der Waals surface area contributed by atoms with E-state index in [9.17, 15) is 13.2 Å². The summed E-state index contributed by atoms with van der Waals surface area (Å²) in [4.78, 5) is 16.7. The van der Waals surface area contributed by atoms with Crippen molar-refractivity contribution in [3.05, 3.63) is 53.2 Å². The summed E-state index contributed by atoms with van der Waals surface area (Å²) in [6.07, 6.45) is 2.53. The van der Waals surface area contributed by atoms with Gasteiger partial charge >= 0.3 is 0 Å². The van der Waals surface area contributed by atoms with Crippen molar-refractivity contribution in [2.45, 2.75) is 39.3 Å². The molecule has 0 aliphatic carbocycles. The molecule has 4 rings (SSSR count). The standard InChI is InChI=1S/C21H23N5O5S/c1-13-3-4-15(11-22-13)20-17(14(2)31-26-20)12-30-19-6-5-18(24-25-19)21(27)23-16-7-9-32(28,29)10-8-16/h3-6,11,16H,7-10,12H2,1-2H3,(H,23,27). The van der Waals surface area contributed by atoms with Crippen molar-refractivity contribution in [1.82, 2.24) is 25.7 Å². The lowest BCUT2D eigenvalue weighted by molar-refractivity contribution is 0.0928. The third-order valence-corrected chi connectivity index (χ3v) is 7.01. The van der Waals surface area contributed by atoms with Gasteiger partial charge in [0.05, 0.1) is 17.1 Å². The molecular formula is C21H23N5O5S. The number of pyridine rings is 1. The van der Waals surface area contributed by atoms with Crippen LogP contribution in [0.4, 0.5) is 0 Å². The third-order valence-electron chi connectivity index (χ3n) is 5.30. The average molecular weight is 458 g/mol. The number of carbonyl (C=O) groups excluding carboxylic acids is 1. The summed E-state index contributed by atoms with van der Waals surface area (Å²) in [5.74, 6) is 0.647. The molecule has 32 heavy (non-hydrogen) atoms. The Morgan fingerprint density at radius 1 is 1.16 bits per heavy atom. The molecule has 0 unspecified atom stereocenters. The van der Waals surface area contributed by atoms with Gasteiger partial charge < -0.3 is 14.6 Å². The number of sulfone groups is 1. The molecule has 10 nitrogen and oxygen atoms in total. The lowest BCUT2D eigenvalue weighted by atomic mass is 10.1. The Morgan fingerprint density at radius 2 is 1.94 bits per heavy atom. The molecule has 3 aromatic heterocycles. The van der Waals surface area contributed by atoms with Gasteiger partial charge in [0.1, 0.15) is 27.9 Å². The highest BCUT2D eigenvalue weighted by Gasteiger charge is 2.25. The molecule has 1 amide bonds. The molecule has 0 atom stereocenters. The highest BCUT2D eigenvalue weighted by molar-refractivity contribution is 7.91. The molecule has 1 aliphatic rings. The zero-order valence-electron chi connectivity index (χ0n) is 17.7. The van der Waals surface area contributed by atoms with E-state index in [1.165, 1.54) is 6.07 Å². The van der Waals surface area contributed by atoms with Gasteiger partial charge in [0.15, 0.2) is 5.69 Å². The Kier molecular flexibility index (Phi) is 6.17. The molecule has 1 fully saturated rings. The van der Waals surface area contributed by atoms with Gasteiger partial charge in [-0.15, -0.1) is 10.2 Å². The highest BCUT2D eigenvalue weighted by Crippen LogP contribution is 2.26. The molecule has 3 aromatic rings. The van der Waals surface area contributed by atoms with E-state index in [0.29, 0.717) is 24.3 Å². The van der Waals surface area contributed by atoms with Gasteiger partial charge in [-0.2, -0.15) is 0 Å². The van der Waals surface area contributed by atoms with Crippen LogP contribution >= 0.6 is 0 Å². The fraction of sp³-hybridized carbons (Fsp3) is 0.381. The van der Waals surface area contributed by atoms with E-state index in [1.807, 2.05) is 19.1 Å². The van der Waals surface area contributed by atoms with Crippen LogP contribution in [-0.4, -0.2) is 52.2 Å². The summed E-state index contributed by atoms with van der Waals surface area (Å²) in [6, 6.07) is 6.70. The van der Waals surface area contributed by atoms with Gasteiger partial charge in [-0.3, -0.25) is 9.78 Å². The average Bonchev–Trinajstić information content (AvgIpc) is 3.15. The van der Waals surface area contributed by atoms with Crippen LogP contribution in [-0.2, 0) is 16.4 Å².